The highest BCUT2D eigenvalue weighted by molar-refractivity contribution is 9.10. The van der Waals surface area contributed by atoms with Crippen LogP contribution < -0.4 is 4.90 Å². The number of halogens is 1. The van der Waals surface area contributed by atoms with Crippen LogP contribution in [0.3, 0.4) is 0 Å². The van der Waals surface area contributed by atoms with E-state index >= 15 is 0 Å². The number of ketones is 1. The second-order valence-corrected chi connectivity index (χ2v) is 7.60. The molecule has 0 aromatic heterocycles. The molecule has 6 heteroatoms. The number of carboxylic acid groups (broad SMARTS) is 1. The maximum atomic E-state index is 12.7. The van der Waals surface area contributed by atoms with Crippen LogP contribution in [0, 0.1) is 0 Å². The molecular formula is C17H20BrNO4. The fraction of sp³-hybridized carbons (Fsp3) is 0.471. The van der Waals surface area contributed by atoms with Gasteiger partial charge in [0, 0.05) is 11.3 Å². The number of fused-ring (bicyclic) bond motifs is 1. The first-order chi connectivity index (χ1) is 10.6. The second kappa shape index (κ2) is 6.07. The molecule has 1 N–H and O–H groups in total. The van der Waals surface area contributed by atoms with Gasteiger partial charge in [-0.3, -0.25) is 14.4 Å². The van der Waals surface area contributed by atoms with Crippen molar-refractivity contribution in [1.29, 1.82) is 0 Å². The van der Waals surface area contributed by atoms with Gasteiger partial charge in [-0.05, 0) is 50.5 Å². The Morgan fingerprint density at radius 2 is 1.96 bits per heavy atom. The lowest BCUT2D eigenvalue weighted by atomic mass is 9.80. The highest BCUT2D eigenvalue weighted by Gasteiger charge is 2.46. The van der Waals surface area contributed by atoms with Crippen LogP contribution >= 0.6 is 15.9 Å². The van der Waals surface area contributed by atoms with E-state index < -0.39 is 11.4 Å². The molecule has 0 radical (unpaired) electrons. The van der Waals surface area contributed by atoms with Crippen LogP contribution in [0.2, 0.25) is 0 Å². The van der Waals surface area contributed by atoms with E-state index in [1.54, 1.807) is 32.9 Å². The van der Waals surface area contributed by atoms with Crippen molar-refractivity contribution in [2.45, 2.75) is 44.4 Å². The van der Waals surface area contributed by atoms with Crippen molar-refractivity contribution in [1.82, 2.24) is 0 Å². The number of carbonyl (C=O) groups excluding carboxylic acids is 2. The molecule has 1 amide bonds. The first-order valence-corrected chi connectivity index (χ1v) is 8.42. The number of nitrogens with zero attached hydrogens (tertiary/aromatic N) is 1. The van der Waals surface area contributed by atoms with Crippen molar-refractivity contribution in [2.75, 3.05) is 11.4 Å². The molecule has 1 unspecified atom stereocenters. The first kappa shape index (κ1) is 17.7. The molecule has 0 fully saturated rings. The molecule has 0 spiro atoms. The zero-order valence-corrected chi connectivity index (χ0v) is 15.2. The topological polar surface area (TPSA) is 74.7 Å². The molecule has 0 saturated carbocycles. The summed E-state index contributed by atoms with van der Waals surface area (Å²) in [5, 5.41) is 9.08. The average molecular weight is 382 g/mol. The van der Waals surface area contributed by atoms with Gasteiger partial charge in [0.15, 0.2) is 5.78 Å². The maximum Gasteiger partial charge on any atom is 0.323 e. The van der Waals surface area contributed by atoms with Gasteiger partial charge in [-0.15, -0.1) is 0 Å². The molecule has 0 saturated heterocycles. The molecule has 23 heavy (non-hydrogen) atoms. The van der Waals surface area contributed by atoms with Gasteiger partial charge in [0.25, 0.3) is 0 Å². The summed E-state index contributed by atoms with van der Waals surface area (Å²) in [7, 11) is 0. The third-order valence-electron chi connectivity index (χ3n) is 4.26. The normalized spacial score (nSPS) is 17.1. The molecule has 1 aromatic carbocycles. The number of rotatable bonds is 5. The van der Waals surface area contributed by atoms with E-state index in [2.05, 4.69) is 15.9 Å². The second-order valence-electron chi connectivity index (χ2n) is 6.23. The summed E-state index contributed by atoms with van der Waals surface area (Å²) in [6.45, 7) is 6.89. The number of alkyl halides is 1. The summed E-state index contributed by atoms with van der Waals surface area (Å²) < 4.78 is 0. The monoisotopic (exact) mass is 381 g/mol. The smallest absolute Gasteiger partial charge is 0.323 e. The van der Waals surface area contributed by atoms with Gasteiger partial charge in [-0.25, -0.2) is 0 Å². The van der Waals surface area contributed by atoms with Gasteiger partial charge in [0.05, 0.1) is 10.2 Å². The number of hydrogen-bond donors (Lipinski definition) is 1. The molecule has 1 aliphatic rings. The van der Waals surface area contributed by atoms with E-state index in [4.69, 9.17) is 5.11 Å². The van der Waals surface area contributed by atoms with Crippen LogP contribution in [0.15, 0.2) is 12.1 Å². The number of amides is 1. The summed E-state index contributed by atoms with van der Waals surface area (Å²) >= 11 is 3.30. The Hall–Kier alpha value is -1.69. The quantitative estimate of drug-likeness (QED) is 0.628. The number of anilines is 1. The Labute approximate surface area is 143 Å². The Morgan fingerprint density at radius 1 is 1.35 bits per heavy atom. The fourth-order valence-electron chi connectivity index (χ4n) is 3.22. The molecule has 5 nitrogen and oxygen atoms in total. The van der Waals surface area contributed by atoms with Gasteiger partial charge in [0.1, 0.15) is 6.54 Å². The predicted molar refractivity (Wildman–Crippen MR) is 91.6 cm³/mol. The van der Waals surface area contributed by atoms with E-state index in [-0.39, 0.29) is 23.1 Å². The third kappa shape index (κ3) is 2.80. The van der Waals surface area contributed by atoms with E-state index in [1.807, 2.05) is 6.92 Å². The van der Waals surface area contributed by atoms with Crippen LogP contribution in [0.5, 0.6) is 0 Å². The maximum absolute atomic E-state index is 12.7. The van der Waals surface area contributed by atoms with Crippen molar-refractivity contribution >= 4 is 39.3 Å². The molecule has 124 valence electrons. The Balaban J connectivity index is 2.71. The summed E-state index contributed by atoms with van der Waals surface area (Å²) in [5.41, 5.74) is 1.93. The van der Waals surface area contributed by atoms with E-state index in [0.717, 1.165) is 11.1 Å². The van der Waals surface area contributed by atoms with E-state index in [1.165, 1.54) is 4.90 Å². The Bertz CT molecular complexity index is 694. The van der Waals surface area contributed by atoms with Gasteiger partial charge in [-0.1, -0.05) is 22.9 Å². The lowest BCUT2D eigenvalue weighted by Gasteiger charge is -2.21. The molecule has 1 aromatic rings. The Morgan fingerprint density at radius 3 is 2.43 bits per heavy atom. The number of aliphatic carboxylic acids is 1. The van der Waals surface area contributed by atoms with Crippen molar-refractivity contribution in [2.24, 2.45) is 0 Å². The number of hydrogen-bond acceptors (Lipinski definition) is 3. The van der Waals surface area contributed by atoms with Crippen molar-refractivity contribution in [3.05, 3.63) is 28.8 Å². The van der Waals surface area contributed by atoms with Gasteiger partial charge >= 0.3 is 5.97 Å². The summed E-state index contributed by atoms with van der Waals surface area (Å²) in [4.78, 5) is 37.2. The Kier molecular flexibility index (Phi) is 4.66. The number of carbonyl (C=O) groups is 3. The zero-order valence-electron chi connectivity index (χ0n) is 13.6. The van der Waals surface area contributed by atoms with Crippen LogP contribution in [0.1, 0.15) is 49.2 Å². The molecule has 1 aliphatic heterocycles. The third-order valence-corrected chi connectivity index (χ3v) is 4.68. The number of Topliss-reactive ketones (excluding diaryl/α,β-unsaturated/α-hetero) is 1. The lowest BCUT2D eigenvalue weighted by Crippen LogP contribution is -2.39. The number of benzene rings is 1. The SMILES string of the molecule is CCc1c(C(=O)C(C)Br)ccc2c1C(C)(C)C(=O)N2CC(=O)O. The summed E-state index contributed by atoms with van der Waals surface area (Å²) in [6, 6.07) is 3.38. The van der Waals surface area contributed by atoms with Gasteiger partial charge < -0.3 is 10.0 Å². The molecule has 1 atom stereocenters. The van der Waals surface area contributed by atoms with Gasteiger partial charge in [-0.2, -0.15) is 0 Å². The van der Waals surface area contributed by atoms with Crippen LogP contribution in [-0.4, -0.2) is 34.1 Å². The van der Waals surface area contributed by atoms with E-state index in [9.17, 15) is 14.4 Å². The summed E-state index contributed by atoms with van der Waals surface area (Å²) in [5.74, 6) is -1.35. The van der Waals surface area contributed by atoms with Crippen LogP contribution in [0.4, 0.5) is 5.69 Å². The van der Waals surface area contributed by atoms with Crippen LogP contribution in [-0.2, 0) is 21.4 Å². The zero-order chi connectivity index (χ0) is 17.5. The van der Waals surface area contributed by atoms with E-state index in [0.29, 0.717) is 17.7 Å². The minimum atomic E-state index is -1.06. The minimum Gasteiger partial charge on any atom is -0.480 e. The molecule has 0 bridgehead atoms. The minimum absolute atomic E-state index is 0.0374. The summed E-state index contributed by atoms with van der Waals surface area (Å²) in [6.07, 6.45) is 0.599. The largest absolute Gasteiger partial charge is 0.480 e. The molecular weight excluding hydrogens is 362 g/mol. The van der Waals surface area contributed by atoms with Crippen LogP contribution in [0.25, 0.3) is 0 Å². The first-order valence-electron chi connectivity index (χ1n) is 7.51. The fourth-order valence-corrected chi connectivity index (χ4v) is 3.46. The van der Waals surface area contributed by atoms with Crippen molar-refractivity contribution in [3.63, 3.8) is 0 Å². The average Bonchev–Trinajstić information content (AvgIpc) is 2.66. The lowest BCUT2D eigenvalue weighted by molar-refractivity contribution is -0.137. The highest BCUT2D eigenvalue weighted by atomic mass is 79.9. The molecule has 1 heterocycles. The highest BCUT2D eigenvalue weighted by Crippen LogP contribution is 2.45. The van der Waals surface area contributed by atoms with Gasteiger partial charge in [0.2, 0.25) is 5.91 Å². The standard InChI is InChI=1S/C17H20BrNO4/c1-5-10-11(15(22)9(2)18)6-7-12-14(10)17(3,4)16(23)19(12)8-13(20)21/h6-7,9H,5,8H2,1-4H3,(H,20,21). The molecule has 0 aliphatic carbocycles. The van der Waals surface area contributed by atoms with Crippen molar-refractivity contribution < 1.29 is 19.5 Å². The predicted octanol–water partition coefficient (Wildman–Crippen LogP) is 2.92. The van der Waals surface area contributed by atoms with Crippen molar-refractivity contribution in [3.8, 4) is 0 Å². The molecule has 2 rings (SSSR count). The number of carboxylic acids is 1.